The van der Waals surface area contributed by atoms with Crippen LogP contribution in [0.3, 0.4) is 0 Å². The highest BCUT2D eigenvalue weighted by Crippen LogP contribution is 2.43. The normalized spacial score (nSPS) is 13.4. The Morgan fingerprint density at radius 2 is 1.19 bits per heavy atom. The van der Waals surface area contributed by atoms with Crippen molar-refractivity contribution in [1.29, 1.82) is 0 Å². The van der Waals surface area contributed by atoms with E-state index in [2.05, 4.69) is 10.2 Å². The highest BCUT2D eigenvalue weighted by molar-refractivity contribution is 7.86. The van der Waals surface area contributed by atoms with E-state index < -0.39 is 93.6 Å². The third-order valence-electron chi connectivity index (χ3n) is 4.51. The molecule has 0 heterocycles. The zero-order chi connectivity index (χ0) is 27.4. The van der Waals surface area contributed by atoms with Crippen LogP contribution >= 0.6 is 0 Å². The minimum Gasteiger partial charge on any atom is -0.507 e. The molecule has 0 atom stereocenters. The molecule has 0 fully saturated rings. The van der Waals surface area contributed by atoms with Gasteiger partial charge in [0, 0.05) is 11.5 Å². The van der Waals surface area contributed by atoms with Crippen molar-refractivity contribution >= 4 is 68.3 Å². The number of hydrogen-bond acceptors (Lipinski definition) is 12. The lowest BCUT2D eigenvalue weighted by Gasteiger charge is -2.12. The first kappa shape index (κ1) is 27.3. The van der Waals surface area contributed by atoms with Gasteiger partial charge in [-0.1, -0.05) is 0 Å². The summed E-state index contributed by atoms with van der Waals surface area (Å²) < 4.78 is 130. The molecule has 3 rings (SSSR count). The molecule has 3 aromatic rings. The van der Waals surface area contributed by atoms with Gasteiger partial charge in [0.2, 0.25) is 0 Å². The molecule has 194 valence electrons. The molecule has 0 unspecified atom stereocenters. The van der Waals surface area contributed by atoms with Crippen LogP contribution in [-0.2, 0) is 40.5 Å². The Bertz CT molecular complexity index is 1900. The molecule has 0 aliphatic heterocycles. The lowest BCUT2D eigenvalue weighted by molar-refractivity contribution is 0.471. The summed E-state index contributed by atoms with van der Waals surface area (Å²) in [6, 6.07) is 3.49. The van der Waals surface area contributed by atoms with Gasteiger partial charge in [-0.3, -0.25) is 18.2 Å². The first-order chi connectivity index (χ1) is 16.2. The summed E-state index contributed by atoms with van der Waals surface area (Å²) in [4.78, 5) is -3.89. The van der Waals surface area contributed by atoms with Crippen LogP contribution in [-0.4, -0.2) is 57.0 Å². The second kappa shape index (κ2) is 8.70. The molecule has 0 saturated carbocycles. The van der Waals surface area contributed by atoms with E-state index in [0.717, 1.165) is 0 Å². The number of anilines is 1. The fraction of sp³-hybridized carbons (Fsp3) is 0. The van der Waals surface area contributed by atoms with Crippen LogP contribution in [0.4, 0.5) is 17.1 Å². The minimum atomic E-state index is -5.21. The maximum absolute atomic E-state index is 12.0. The standard InChI is InChI=1S/C16H13N3O13S4/c17-15-14-7(3-9(6-11(14)20)34(24,25)26)4-13(36(30,31)32)16(15)19-18-10-5-8(33(21,22)23)1-2-12(10)35(27,28)29/h1-6,20H,17H2,(H,21,22,23)(H,24,25,26)(H,27,28,29)(H,30,31,32). The molecule has 3 aromatic carbocycles. The first-order valence-corrected chi connectivity index (χ1v) is 14.5. The van der Waals surface area contributed by atoms with Crippen LogP contribution in [0.2, 0.25) is 0 Å². The number of nitrogen functional groups attached to an aromatic ring is 1. The van der Waals surface area contributed by atoms with Crippen LogP contribution in [0.5, 0.6) is 5.75 Å². The van der Waals surface area contributed by atoms with E-state index in [1.54, 1.807) is 0 Å². The van der Waals surface area contributed by atoms with Gasteiger partial charge in [-0.15, -0.1) is 10.2 Å². The number of hydrogen-bond donors (Lipinski definition) is 6. The molecule has 0 aliphatic carbocycles. The fourth-order valence-corrected chi connectivity index (χ4v) is 5.31. The predicted molar refractivity (Wildman–Crippen MR) is 120 cm³/mol. The molecule has 16 nitrogen and oxygen atoms in total. The number of phenolic OH excluding ortho intramolecular Hbond substituents is 1. The van der Waals surface area contributed by atoms with Gasteiger partial charge in [-0.25, -0.2) is 0 Å². The van der Waals surface area contributed by atoms with Gasteiger partial charge in [-0.2, -0.15) is 33.7 Å². The average molecular weight is 584 g/mol. The molecule has 0 saturated heterocycles. The number of benzene rings is 3. The molecular weight excluding hydrogens is 570 g/mol. The SMILES string of the molecule is Nc1c(N=Nc2cc(S(=O)(=O)O)ccc2S(=O)(=O)O)c(S(=O)(=O)O)cc2cc(S(=O)(=O)O)cc(O)c12. The molecule has 0 radical (unpaired) electrons. The zero-order valence-corrected chi connectivity index (χ0v) is 20.3. The van der Waals surface area contributed by atoms with Crippen molar-refractivity contribution in [3.05, 3.63) is 36.4 Å². The number of phenols is 1. The summed E-state index contributed by atoms with van der Waals surface area (Å²) in [6.45, 7) is 0. The van der Waals surface area contributed by atoms with Crippen LogP contribution in [0.15, 0.2) is 66.2 Å². The third kappa shape index (κ3) is 5.44. The Morgan fingerprint density at radius 1 is 0.639 bits per heavy atom. The van der Waals surface area contributed by atoms with Gasteiger partial charge < -0.3 is 10.8 Å². The van der Waals surface area contributed by atoms with Crippen molar-refractivity contribution in [3.63, 3.8) is 0 Å². The summed E-state index contributed by atoms with van der Waals surface area (Å²) in [5.74, 6) is -0.886. The van der Waals surface area contributed by atoms with Crippen molar-refractivity contribution in [2.45, 2.75) is 19.6 Å². The van der Waals surface area contributed by atoms with Crippen molar-refractivity contribution in [1.82, 2.24) is 0 Å². The molecule has 0 spiro atoms. The van der Waals surface area contributed by atoms with Crippen LogP contribution in [0, 0.1) is 0 Å². The molecule has 0 bridgehead atoms. The quantitative estimate of drug-likeness (QED) is 0.136. The third-order valence-corrected chi connectivity index (χ3v) is 7.95. The van der Waals surface area contributed by atoms with E-state index in [0.29, 0.717) is 36.4 Å². The number of rotatable bonds is 6. The van der Waals surface area contributed by atoms with E-state index in [1.165, 1.54) is 0 Å². The maximum atomic E-state index is 12.0. The summed E-state index contributed by atoms with van der Waals surface area (Å²) in [7, 11) is -20.0. The summed E-state index contributed by atoms with van der Waals surface area (Å²) in [5.41, 5.74) is 3.29. The van der Waals surface area contributed by atoms with E-state index in [9.17, 15) is 57.0 Å². The van der Waals surface area contributed by atoms with Gasteiger partial charge in [0.25, 0.3) is 40.5 Å². The van der Waals surface area contributed by atoms with Gasteiger partial charge in [0.1, 0.15) is 26.9 Å². The van der Waals surface area contributed by atoms with Crippen LogP contribution < -0.4 is 5.73 Å². The van der Waals surface area contributed by atoms with Crippen LogP contribution in [0.25, 0.3) is 10.8 Å². The predicted octanol–water partition coefficient (Wildman–Crippen LogP) is 1.53. The zero-order valence-electron chi connectivity index (χ0n) is 17.1. The second-order valence-electron chi connectivity index (χ2n) is 6.91. The molecule has 20 heteroatoms. The lowest BCUT2D eigenvalue weighted by atomic mass is 10.1. The Kier molecular flexibility index (Phi) is 6.61. The largest absolute Gasteiger partial charge is 0.507 e. The average Bonchev–Trinajstić information content (AvgIpc) is 2.69. The molecule has 0 aliphatic rings. The number of fused-ring (bicyclic) bond motifs is 1. The van der Waals surface area contributed by atoms with Gasteiger partial charge in [0.15, 0.2) is 0 Å². The molecule has 36 heavy (non-hydrogen) atoms. The Morgan fingerprint density at radius 3 is 1.69 bits per heavy atom. The molecule has 0 aromatic heterocycles. The van der Waals surface area contributed by atoms with Crippen molar-refractivity contribution in [3.8, 4) is 5.75 Å². The van der Waals surface area contributed by atoms with E-state index in [1.807, 2.05) is 0 Å². The summed E-state index contributed by atoms with van der Waals surface area (Å²) in [6.07, 6.45) is 0. The smallest absolute Gasteiger partial charge is 0.296 e. The van der Waals surface area contributed by atoms with Gasteiger partial charge >= 0.3 is 0 Å². The van der Waals surface area contributed by atoms with Crippen molar-refractivity contribution in [2.24, 2.45) is 10.2 Å². The van der Waals surface area contributed by atoms with Crippen LogP contribution in [0.1, 0.15) is 0 Å². The van der Waals surface area contributed by atoms with E-state index >= 15 is 0 Å². The monoisotopic (exact) mass is 583 g/mol. The lowest BCUT2D eigenvalue weighted by Crippen LogP contribution is -2.03. The molecule has 7 N–H and O–H groups in total. The molecular formula is C16H13N3O13S4. The fourth-order valence-electron chi connectivity index (χ4n) is 3.00. The van der Waals surface area contributed by atoms with E-state index in [4.69, 9.17) is 5.73 Å². The first-order valence-electron chi connectivity index (χ1n) is 8.76. The second-order valence-corrected chi connectivity index (χ2v) is 12.5. The number of aromatic hydroxyl groups is 1. The topological polar surface area (TPSA) is 288 Å². The molecule has 0 amide bonds. The number of nitrogens with zero attached hydrogens (tertiary/aromatic N) is 2. The minimum absolute atomic E-state index is 0.404. The highest BCUT2D eigenvalue weighted by atomic mass is 32.2. The summed E-state index contributed by atoms with van der Waals surface area (Å²) >= 11 is 0. The summed E-state index contributed by atoms with van der Waals surface area (Å²) in [5, 5.41) is 16.2. The maximum Gasteiger partial charge on any atom is 0.296 e. The highest BCUT2D eigenvalue weighted by Gasteiger charge is 2.25. The van der Waals surface area contributed by atoms with E-state index in [-0.39, 0.29) is 0 Å². The Hall–Kier alpha value is -3.24. The van der Waals surface area contributed by atoms with Crippen molar-refractivity contribution in [2.75, 3.05) is 5.73 Å². The van der Waals surface area contributed by atoms with Gasteiger partial charge in [-0.05, 0) is 35.7 Å². The Labute approximate surface area is 202 Å². The Balaban J connectivity index is 2.41. The number of nitrogens with two attached hydrogens (primary N) is 1. The number of azo groups is 1. The van der Waals surface area contributed by atoms with Crippen molar-refractivity contribution < 1.29 is 57.0 Å². The van der Waals surface area contributed by atoms with Gasteiger partial charge in [0.05, 0.1) is 15.5 Å².